The van der Waals surface area contributed by atoms with Crippen LogP contribution in [0.3, 0.4) is 0 Å². The van der Waals surface area contributed by atoms with Gasteiger partial charge in [0.1, 0.15) is 12.1 Å². The minimum atomic E-state index is -1.74. The average Bonchev–Trinajstić information content (AvgIpc) is 2.54. The van der Waals surface area contributed by atoms with Crippen LogP contribution in [0.4, 0.5) is 0 Å². The number of carboxylic acid groups (broad SMARTS) is 2. The topological polar surface area (TPSA) is 228 Å². The number of carbonyl (C=O) groups excluding carboxylic acids is 3. The molecule has 0 radical (unpaired) electrons. The van der Waals surface area contributed by atoms with Crippen LogP contribution in [0.2, 0.25) is 0 Å². The number of carbonyl (C=O) groups is 5. The highest BCUT2D eigenvalue weighted by Gasteiger charge is 2.33. The van der Waals surface area contributed by atoms with Gasteiger partial charge in [0, 0.05) is 0 Å². The minimum Gasteiger partial charge on any atom is -0.481 e. The van der Waals surface area contributed by atoms with E-state index in [-0.39, 0.29) is 0 Å². The van der Waals surface area contributed by atoms with E-state index in [9.17, 15) is 34.2 Å². The highest BCUT2D eigenvalue weighted by molar-refractivity contribution is 5.95. The van der Waals surface area contributed by atoms with Gasteiger partial charge < -0.3 is 42.1 Å². The van der Waals surface area contributed by atoms with Gasteiger partial charge in [0.2, 0.25) is 17.7 Å². The molecule has 0 bridgehead atoms. The Labute approximate surface area is 153 Å². The molecule has 13 nitrogen and oxygen atoms in total. The third-order valence-electron chi connectivity index (χ3n) is 3.32. The van der Waals surface area contributed by atoms with E-state index in [1.807, 2.05) is 10.6 Å². The van der Waals surface area contributed by atoms with E-state index in [1.165, 1.54) is 6.92 Å². The molecular formula is C14H24N4O9. The van der Waals surface area contributed by atoms with Crippen molar-refractivity contribution in [1.29, 1.82) is 0 Å². The Bertz CT molecular complexity index is 579. The standard InChI is InChI=1S/C14H24N4O9/c1-5(19)10(17-8(21)4-15)13(25)16-7(3-9(22)23)12(24)18-11(6(2)20)14(26)27/h5-7,10-11,19-20H,3-4,15H2,1-2H3,(H,16,25)(H,17,21)(H,18,24)(H,22,23)(H,26,27). The van der Waals surface area contributed by atoms with Crippen LogP contribution in [-0.4, -0.2) is 87.0 Å². The molecule has 154 valence electrons. The molecular weight excluding hydrogens is 368 g/mol. The average molecular weight is 392 g/mol. The smallest absolute Gasteiger partial charge is 0.328 e. The molecule has 0 saturated heterocycles. The molecule has 5 unspecified atom stereocenters. The normalized spacial score (nSPS) is 16.2. The number of hydrogen-bond donors (Lipinski definition) is 8. The van der Waals surface area contributed by atoms with E-state index in [0.717, 1.165) is 6.92 Å². The molecule has 0 aliphatic carbocycles. The van der Waals surface area contributed by atoms with Gasteiger partial charge in [-0.15, -0.1) is 0 Å². The third kappa shape index (κ3) is 8.44. The lowest BCUT2D eigenvalue weighted by Gasteiger charge is -2.25. The lowest BCUT2D eigenvalue weighted by Crippen LogP contribution is -2.60. The number of aliphatic hydroxyl groups is 2. The van der Waals surface area contributed by atoms with E-state index in [4.69, 9.17) is 15.9 Å². The zero-order valence-electron chi connectivity index (χ0n) is 14.7. The van der Waals surface area contributed by atoms with Crippen LogP contribution >= 0.6 is 0 Å². The van der Waals surface area contributed by atoms with Gasteiger partial charge >= 0.3 is 11.9 Å². The second-order valence-electron chi connectivity index (χ2n) is 5.71. The Balaban J connectivity index is 5.35. The van der Waals surface area contributed by atoms with Crippen molar-refractivity contribution in [3.8, 4) is 0 Å². The fourth-order valence-corrected chi connectivity index (χ4v) is 1.93. The van der Waals surface area contributed by atoms with Crippen LogP contribution in [-0.2, 0) is 24.0 Å². The summed E-state index contributed by atoms with van der Waals surface area (Å²) in [6.45, 7) is 1.78. The molecule has 0 heterocycles. The molecule has 0 spiro atoms. The van der Waals surface area contributed by atoms with Crippen molar-refractivity contribution < 1.29 is 44.4 Å². The summed E-state index contributed by atoms with van der Waals surface area (Å²) < 4.78 is 0. The monoisotopic (exact) mass is 392 g/mol. The molecule has 0 rings (SSSR count). The maximum absolute atomic E-state index is 12.2. The van der Waals surface area contributed by atoms with Crippen molar-refractivity contribution in [1.82, 2.24) is 16.0 Å². The number of aliphatic hydroxyl groups excluding tert-OH is 2. The van der Waals surface area contributed by atoms with E-state index in [2.05, 4.69) is 5.32 Å². The van der Waals surface area contributed by atoms with Gasteiger partial charge in [0.15, 0.2) is 6.04 Å². The molecule has 0 saturated carbocycles. The van der Waals surface area contributed by atoms with Crippen LogP contribution in [0.15, 0.2) is 0 Å². The predicted molar refractivity (Wildman–Crippen MR) is 88.1 cm³/mol. The van der Waals surface area contributed by atoms with Crippen molar-refractivity contribution in [2.45, 2.75) is 50.6 Å². The van der Waals surface area contributed by atoms with Crippen LogP contribution in [0.1, 0.15) is 20.3 Å². The summed E-state index contributed by atoms with van der Waals surface area (Å²) in [6.07, 6.45) is -3.82. The predicted octanol–water partition coefficient (Wildman–Crippen LogP) is -4.28. The Morgan fingerprint density at radius 2 is 1.37 bits per heavy atom. The first kappa shape index (κ1) is 24.2. The Morgan fingerprint density at radius 1 is 0.852 bits per heavy atom. The van der Waals surface area contributed by atoms with Gasteiger partial charge in [-0.25, -0.2) is 4.79 Å². The number of nitrogens with one attached hydrogen (secondary N) is 3. The quantitative estimate of drug-likeness (QED) is 0.169. The Kier molecular flexibility index (Phi) is 9.92. The van der Waals surface area contributed by atoms with E-state index >= 15 is 0 Å². The molecule has 0 aliphatic rings. The fourth-order valence-electron chi connectivity index (χ4n) is 1.93. The first-order valence-corrected chi connectivity index (χ1v) is 7.81. The molecule has 13 heteroatoms. The van der Waals surface area contributed by atoms with E-state index in [1.54, 1.807) is 0 Å². The first-order valence-electron chi connectivity index (χ1n) is 7.81. The first-order chi connectivity index (χ1) is 12.4. The van der Waals surface area contributed by atoms with Crippen molar-refractivity contribution in [2.24, 2.45) is 5.73 Å². The summed E-state index contributed by atoms with van der Waals surface area (Å²) in [5, 5.41) is 42.9. The maximum atomic E-state index is 12.2. The number of rotatable bonds is 11. The van der Waals surface area contributed by atoms with Gasteiger partial charge in [-0.3, -0.25) is 19.2 Å². The third-order valence-corrected chi connectivity index (χ3v) is 3.32. The second-order valence-corrected chi connectivity index (χ2v) is 5.71. The molecule has 9 N–H and O–H groups in total. The van der Waals surface area contributed by atoms with Crippen LogP contribution in [0.5, 0.6) is 0 Å². The van der Waals surface area contributed by atoms with Crippen LogP contribution in [0.25, 0.3) is 0 Å². The zero-order valence-corrected chi connectivity index (χ0v) is 14.7. The minimum absolute atomic E-state index is 0.482. The van der Waals surface area contributed by atoms with Crippen LogP contribution < -0.4 is 21.7 Å². The van der Waals surface area contributed by atoms with Gasteiger partial charge in [-0.05, 0) is 13.8 Å². The SMILES string of the molecule is CC(O)C(NC(=O)C(CC(=O)O)NC(=O)C(NC(=O)CN)C(C)O)C(=O)O. The number of amides is 3. The second kappa shape index (κ2) is 11.1. The summed E-state index contributed by atoms with van der Waals surface area (Å²) in [5.74, 6) is -6.12. The number of hydrogen-bond acceptors (Lipinski definition) is 8. The highest BCUT2D eigenvalue weighted by Crippen LogP contribution is 2.01. The largest absolute Gasteiger partial charge is 0.481 e. The summed E-state index contributed by atoms with van der Waals surface area (Å²) in [7, 11) is 0. The van der Waals surface area contributed by atoms with E-state index < -0.39 is 73.0 Å². The molecule has 0 aromatic heterocycles. The van der Waals surface area contributed by atoms with E-state index in [0.29, 0.717) is 0 Å². The highest BCUT2D eigenvalue weighted by atomic mass is 16.4. The molecule has 5 atom stereocenters. The molecule has 0 fully saturated rings. The molecule has 0 aromatic carbocycles. The number of aliphatic carboxylic acids is 2. The van der Waals surface area contributed by atoms with Crippen molar-refractivity contribution in [3.63, 3.8) is 0 Å². The summed E-state index contributed by atoms with van der Waals surface area (Å²) in [4.78, 5) is 57.7. The lowest BCUT2D eigenvalue weighted by atomic mass is 10.1. The van der Waals surface area contributed by atoms with Gasteiger partial charge in [0.05, 0.1) is 25.2 Å². The molecule has 0 aromatic rings. The van der Waals surface area contributed by atoms with Crippen molar-refractivity contribution in [3.05, 3.63) is 0 Å². The number of carboxylic acids is 2. The summed E-state index contributed by atoms with van der Waals surface area (Å²) >= 11 is 0. The maximum Gasteiger partial charge on any atom is 0.328 e. The van der Waals surface area contributed by atoms with Gasteiger partial charge in [-0.2, -0.15) is 0 Å². The lowest BCUT2D eigenvalue weighted by molar-refractivity contribution is -0.146. The summed E-state index contributed by atoms with van der Waals surface area (Å²) in [5.41, 5.74) is 5.10. The zero-order chi connectivity index (χ0) is 21.3. The van der Waals surface area contributed by atoms with Crippen molar-refractivity contribution >= 4 is 29.7 Å². The van der Waals surface area contributed by atoms with Crippen molar-refractivity contribution in [2.75, 3.05) is 6.54 Å². The molecule has 0 aliphatic heterocycles. The van der Waals surface area contributed by atoms with Crippen LogP contribution in [0, 0.1) is 0 Å². The number of nitrogens with two attached hydrogens (primary N) is 1. The Morgan fingerprint density at radius 3 is 1.74 bits per heavy atom. The van der Waals surface area contributed by atoms with Gasteiger partial charge in [0.25, 0.3) is 0 Å². The Hall–Kier alpha value is -2.77. The molecule has 3 amide bonds. The summed E-state index contributed by atoms with van der Waals surface area (Å²) in [6, 6.07) is -5.00. The fraction of sp³-hybridized carbons (Fsp3) is 0.643. The molecule has 27 heavy (non-hydrogen) atoms. The van der Waals surface area contributed by atoms with Gasteiger partial charge in [-0.1, -0.05) is 0 Å².